The van der Waals surface area contributed by atoms with Crippen LogP contribution in [0.2, 0.25) is 0 Å². The summed E-state index contributed by atoms with van der Waals surface area (Å²) in [5, 5.41) is -2.63. The Morgan fingerprint density at radius 3 is 1.32 bits per heavy atom. The van der Waals surface area contributed by atoms with Crippen LogP contribution < -0.4 is 0 Å². The van der Waals surface area contributed by atoms with Crippen LogP contribution in [0, 0.1) is 34.9 Å². The first-order valence-corrected chi connectivity index (χ1v) is 8.43. The number of hydrogen-bond acceptors (Lipinski definition) is 4. The van der Waals surface area contributed by atoms with E-state index in [-0.39, 0.29) is 25.4 Å². The third kappa shape index (κ3) is 3.57. The van der Waals surface area contributed by atoms with Crippen LogP contribution in [-0.2, 0) is 32.2 Å². The molecule has 2 aromatic rings. The van der Waals surface area contributed by atoms with Gasteiger partial charge in [-0.25, -0.2) is 26.3 Å². The minimum absolute atomic E-state index is 0.00112. The number of epoxide rings is 2. The van der Waals surface area contributed by atoms with Gasteiger partial charge in [0.05, 0.1) is 61.5 Å². The molecule has 2 aromatic carbocycles. The molecule has 10 heteroatoms. The lowest BCUT2D eigenvalue weighted by molar-refractivity contribution is 0.0986. The summed E-state index contributed by atoms with van der Waals surface area (Å²) < 4.78 is 106. The molecule has 0 spiro atoms. The second-order valence-corrected chi connectivity index (χ2v) is 6.53. The Morgan fingerprint density at radius 2 is 0.964 bits per heavy atom. The number of ether oxygens (including phenoxy) is 4. The number of rotatable bonds is 8. The molecule has 152 valence electrons. The Bertz CT molecular complexity index is 856. The highest BCUT2D eigenvalue weighted by molar-refractivity contribution is 5.87. The number of halogens is 6. The van der Waals surface area contributed by atoms with Gasteiger partial charge in [-0.3, -0.25) is 0 Å². The summed E-state index contributed by atoms with van der Waals surface area (Å²) in [6.07, 6.45) is -0.446. The molecule has 0 amide bonds. The molecule has 0 N–H and O–H groups in total. The maximum absolute atomic E-state index is 14.8. The summed E-state index contributed by atoms with van der Waals surface area (Å²) in [5.41, 5.74) is -1.84. The van der Waals surface area contributed by atoms with Gasteiger partial charge in [-0.1, -0.05) is 0 Å². The third-order valence-corrected chi connectivity index (χ3v) is 4.48. The predicted molar refractivity (Wildman–Crippen MR) is 82.5 cm³/mol. The number of benzene rings is 2. The van der Waals surface area contributed by atoms with E-state index in [9.17, 15) is 26.3 Å². The van der Waals surface area contributed by atoms with E-state index < -0.39 is 70.0 Å². The van der Waals surface area contributed by atoms with E-state index in [1.165, 1.54) is 0 Å². The standard InChI is InChI=1S/C18H14F6O4/c19-13-9(5-25-1-7-3-27-7)15(21)17(23)12-11(13)14(20)10(16(22)18(12)24)6-26-2-8-4-28-8/h7-8H,1-6H2. The molecule has 28 heavy (non-hydrogen) atoms. The van der Waals surface area contributed by atoms with Crippen LogP contribution in [0.4, 0.5) is 26.3 Å². The van der Waals surface area contributed by atoms with Crippen LogP contribution in [0.1, 0.15) is 11.1 Å². The second kappa shape index (κ2) is 7.51. The van der Waals surface area contributed by atoms with Crippen LogP contribution in [0.3, 0.4) is 0 Å². The minimum Gasteiger partial charge on any atom is -0.374 e. The molecular formula is C18H14F6O4. The smallest absolute Gasteiger partial charge is 0.170 e. The van der Waals surface area contributed by atoms with Gasteiger partial charge >= 0.3 is 0 Å². The zero-order valence-corrected chi connectivity index (χ0v) is 14.3. The highest BCUT2D eigenvalue weighted by Crippen LogP contribution is 2.35. The summed E-state index contributed by atoms with van der Waals surface area (Å²) in [5.74, 6) is -10.5. The van der Waals surface area contributed by atoms with Crippen LogP contribution in [0.15, 0.2) is 0 Å². The molecular weight excluding hydrogens is 394 g/mol. The molecule has 0 radical (unpaired) electrons. The predicted octanol–water partition coefficient (Wildman–Crippen LogP) is 3.51. The molecule has 2 unspecified atom stereocenters. The largest absolute Gasteiger partial charge is 0.374 e. The fourth-order valence-electron chi connectivity index (χ4n) is 2.78. The van der Waals surface area contributed by atoms with E-state index in [4.69, 9.17) is 18.9 Å². The van der Waals surface area contributed by atoms with Gasteiger partial charge in [-0.15, -0.1) is 0 Å². The zero-order chi connectivity index (χ0) is 20.0. The monoisotopic (exact) mass is 408 g/mol. The first kappa shape index (κ1) is 19.4. The van der Waals surface area contributed by atoms with Gasteiger partial charge in [-0.2, -0.15) is 0 Å². The number of fused-ring (bicyclic) bond motifs is 1. The summed E-state index contributed by atoms with van der Waals surface area (Å²) in [6.45, 7) is -0.611. The average molecular weight is 408 g/mol. The maximum atomic E-state index is 14.8. The summed E-state index contributed by atoms with van der Waals surface area (Å²) in [7, 11) is 0. The van der Waals surface area contributed by atoms with Crippen molar-refractivity contribution in [3.8, 4) is 0 Å². The Labute approximate surface area is 154 Å². The summed E-state index contributed by atoms with van der Waals surface area (Å²) in [6, 6.07) is 0. The molecule has 2 atom stereocenters. The van der Waals surface area contributed by atoms with Crippen molar-refractivity contribution in [1.29, 1.82) is 0 Å². The molecule has 2 fully saturated rings. The number of hydrogen-bond donors (Lipinski definition) is 0. The van der Waals surface area contributed by atoms with Crippen molar-refractivity contribution in [2.24, 2.45) is 0 Å². The lowest BCUT2D eigenvalue weighted by atomic mass is 10.00. The van der Waals surface area contributed by atoms with Gasteiger partial charge in [0.15, 0.2) is 23.3 Å². The first-order valence-electron chi connectivity index (χ1n) is 8.43. The van der Waals surface area contributed by atoms with Crippen LogP contribution in [-0.4, -0.2) is 38.6 Å². The highest BCUT2D eigenvalue weighted by atomic mass is 19.2. The molecule has 4 nitrogen and oxygen atoms in total. The van der Waals surface area contributed by atoms with E-state index in [0.29, 0.717) is 13.2 Å². The molecule has 2 heterocycles. The Balaban J connectivity index is 1.74. The maximum Gasteiger partial charge on any atom is 0.170 e. The summed E-state index contributed by atoms with van der Waals surface area (Å²) >= 11 is 0. The van der Waals surface area contributed by atoms with Crippen molar-refractivity contribution in [1.82, 2.24) is 0 Å². The fourth-order valence-corrected chi connectivity index (χ4v) is 2.78. The van der Waals surface area contributed by atoms with E-state index in [2.05, 4.69) is 0 Å². The SMILES string of the molecule is Fc1c(COCC2CO2)c(F)c2c(F)c(COCC3CO3)c(F)c(F)c2c1F. The van der Waals surface area contributed by atoms with Crippen molar-refractivity contribution in [2.75, 3.05) is 26.4 Å². The highest BCUT2D eigenvalue weighted by Gasteiger charge is 2.31. The second-order valence-electron chi connectivity index (χ2n) is 6.53. The molecule has 2 aliphatic rings. The zero-order valence-electron chi connectivity index (χ0n) is 14.3. The van der Waals surface area contributed by atoms with E-state index in [1.807, 2.05) is 0 Å². The van der Waals surface area contributed by atoms with Gasteiger partial charge in [0.2, 0.25) is 0 Å². The fraction of sp³-hybridized carbons (Fsp3) is 0.444. The van der Waals surface area contributed by atoms with Crippen LogP contribution in [0.25, 0.3) is 10.8 Å². The van der Waals surface area contributed by atoms with Crippen molar-refractivity contribution >= 4 is 10.8 Å². The van der Waals surface area contributed by atoms with Gasteiger partial charge in [0, 0.05) is 0 Å². The van der Waals surface area contributed by atoms with Gasteiger partial charge in [0.1, 0.15) is 23.8 Å². The topological polar surface area (TPSA) is 43.5 Å². The lowest BCUT2D eigenvalue weighted by Gasteiger charge is -2.15. The Hall–Kier alpha value is -1.88. The van der Waals surface area contributed by atoms with Gasteiger partial charge in [-0.05, 0) is 0 Å². The Morgan fingerprint density at radius 1 is 0.607 bits per heavy atom. The van der Waals surface area contributed by atoms with Gasteiger partial charge in [0.25, 0.3) is 0 Å². The van der Waals surface area contributed by atoms with E-state index in [0.717, 1.165) is 0 Å². The summed E-state index contributed by atoms with van der Waals surface area (Å²) in [4.78, 5) is 0. The molecule has 2 aliphatic heterocycles. The van der Waals surface area contributed by atoms with Gasteiger partial charge < -0.3 is 18.9 Å². The van der Waals surface area contributed by atoms with Crippen molar-refractivity contribution in [2.45, 2.75) is 25.4 Å². The minimum atomic E-state index is -1.90. The molecule has 0 saturated carbocycles. The molecule has 0 aliphatic carbocycles. The van der Waals surface area contributed by atoms with Crippen molar-refractivity contribution in [3.63, 3.8) is 0 Å². The van der Waals surface area contributed by atoms with Crippen molar-refractivity contribution < 1.29 is 45.3 Å². The average Bonchev–Trinajstić information content (AvgIpc) is 3.57. The lowest BCUT2D eigenvalue weighted by Crippen LogP contribution is -2.12. The molecule has 0 aromatic heterocycles. The van der Waals surface area contributed by atoms with Crippen LogP contribution in [0.5, 0.6) is 0 Å². The van der Waals surface area contributed by atoms with E-state index in [1.54, 1.807) is 0 Å². The quantitative estimate of drug-likeness (QED) is 0.381. The Kier molecular flexibility index (Phi) is 5.21. The first-order chi connectivity index (χ1) is 13.4. The third-order valence-electron chi connectivity index (χ3n) is 4.48. The van der Waals surface area contributed by atoms with E-state index >= 15 is 0 Å². The van der Waals surface area contributed by atoms with Crippen molar-refractivity contribution in [3.05, 3.63) is 46.0 Å². The molecule has 2 saturated heterocycles. The molecule has 0 bridgehead atoms. The van der Waals surface area contributed by atoms with Crippen LogP contribution >= 0.6 is 0 Å². The normalized spacial score (nSPS) is 20.8. The molecule has 4 rings (SSSR count).